The first-order valence-corrected chi connectivity index (χ1v) is 4.23. The molecule has 16 heavy (non-hydrogen) atoms. The zero-order chi connectivity index (χ0) is 12.7. The van der Waals surface area contributed by atoms with Gasteiger partial charge in [-0.15, -0.1) is 0 Å². The number of carbonyl (C=O) groups is 1. The van der Waals surface area contributed by atoms with Crippen LogP contribution in [0.3, 0.4) is 0 Å². The van der Waals surface area contributed by atoms with Crippen LogP contribution < -0.4 is 5.73 Å². The van der Waals surface area contributed by atoms with Crippen molar-refractivity contribution in [1.82, 2.24) is 4.98 Å². The lowest BCUT2D eigenvalue weighted by Gasteiger charge is -2.16. The highest BCUT2D eigenvalue weighted by molar-refractivity contribution is 5.92. The van der Waals surface area contributed by atoms with Gasteiger partial charge in [0, 0.05) is 0 Å². The Hall–Kier alpha value is -1.79. The van der Waals surface area contributed by atoms with Crippen molar-refractivity contribution in [3.05, 3.63) is 22.5 Å². The van der Waals surface area contributed by atoms with Gasteiger partial charge in [-0.25, -0.2) is 4.79 Å². The Morgan fingerprint density at radius 3 is 2.19 bits per heavy atom. The van der Waals surface area contributed by atoms with Gasteiger partial charge in [-0.1, -0.05) is 0 Å². The minimum absolute atomic E-state index is 0.0326. The second-order valence-electron chi connectivity index (χ2n) is 3.25. The summed E-state index contributed by atoms with van der Waals surface area (Å²) in [6, 6.07) is 0. The number of pyridine rings is 1. The standard InChI is InChI=1S/C9H9F3N2O2/c1-3-5(8(15)16)6(9(10,11)12)7(13)4(2)14-3/h13H2,1-2H3,(H,15,16). The molecule has 1 heterocycles. The van der Waals surface area contributed by atoms with E-state index >= 15 is 0 Å². The number of aromatic nitrogens is 1. The molecule has 0 fully saturated rings. The molecule has 3 N–H and O–H groups in total. The molecule has 0 amide bonds. The van der Waals surface area contributed by atoms with E-state index in [0.717, 1.165) is 0 Å². The van der Waals surface area contributed by atoms with Crippen LogP contribution in [0, 0.1) is 13.8 Å². The topological polar surface area (TPSA) is 76.2 Å². The minimum Gasteiger partial charge on any atom is -0.478 e. The van der Waals surface area contributed by atoms with E-state index < -0.39 is 29.0 Å². The summed E-state index contributed by atoms with van der Waals surface area (Å²) in [6.07, 6.45) is -4.81. The van der Waals surface area contributed by atoms with E-state index in [2.05, 4.69) is 4.98 Å². The fourth-order valence-corrected chi connectivity index (χ4v) is 1.42. The first-order chi connectivity index (χ1) is 7.16. The van der Waals surface area contributed by atoms with Crippen LogP contribution >= 0.6 is 0 Å². The number of carboxylic acid groups (broad SMARTS) is 1. The lowest BCUT2D eigenvalue weighted by molar-refractivity contribution is -0.137. The number of alkyl halides is 3. The van der Waals surface area contributed by atoms with Crippen LogP contribution in [0.25, 0.3) is 0 Å². The number of hydrogen-bond donors (Lipinski definition) is 2. The lowest BCUT2D eigenvalue weighted by Crippen LogP contribution is -2.19. The number of nitrogens with two attached hydrogens (primary N) is 1. The van der Waals surface area contributed by atoms with E-state index in [1.165, 1.54) is 13.8 Å². The number of carboxylic acids is 1. The van der Waals surface area contributed by atoms with E-state index in [1.807, 2.05) is 0 Å². The van der Waals surface area contributed by atoms with Crippen LogP contribution in [0.2, 0.25) is 0 Å². The highest BCUT2D eigenvalue weighted by Crippen LogP contribution is 2.38. The summed E-state index contributed by atoms with van der Waals surface area (Å²) >= 11 is 0. The maximum absolute atomic E-state index is 12.7. The summed E-state index contributed by atoms with van der Waals surface area (Å²) in [4.78, 5) is 14.4. The SMILES string of the molecule is Cc1nc(C)c(C(=O)O)c(C(F)(F)F)c1N. The van der Waals surface area contributed by atoms with Crippen molar-refractivity contribution in [2.45, 2.75) is 20.0 Å². The van der Waals surface area contributed by atoms with Crippen molar-refractivity contribution in [2.24, 2.45) is 0 Å². The quantitative estimate of drug-likeness (QED) is 0.779. The molecule has 0 bridgehead atoms. The lowest BCUT2D eigenvalue weighted by atomic mass is 10.0. The first-order valence-electron chi connectivity index (χ1n) is 4.23. The molecule has 7 heteroatoms. The number of nitrogens with zero attached hydrogens (tertiary/aromatic N) is 1. The average Bonchev–Trinajstić information content (AvgIpc) is 2.07. The number of aromatic carboxylic acids is 1. The van der Waals surface area contributed by atoms with Gasteiger partial charge in [0.25, 0.3) is 0 Å². The molecule has 0 unspecified atom stereocenters. The zero-order valence-corrected chi connectivity index (χ0v) is 8.51. The maximum atomic E-state index is 12.7. The van der Waals surface area contributed by atoms with E-state index in [9.17, 15) is 18.0 Å². The third-order valence-electron chi connectivity index (χ3n) is 2.10. The third kappa shape index (κ3) is 1.93. The summed E-state index contributed by atoms with van der Waals surface area (Å²) in [5.41, 5.74) is 2.13. The Labute approximate surface area is 88.9 Å². The monoisotopic (exact) mass is 234 g/mol. The largest absolute Gasteiger partial charge is 0.478 e. The molecule has 1 aromatic rings. The van der Waals surface area contributed by atoms with E-state index in [4.69, 9.17) is 10.8 Å². The molecule has 0 aliphatic rings. The van der Waals surface area contributed by atoms with Crippen LogP contribution in [0.1, 0.15) is 27.3 Å². The van der Waals surface area contributed by atoms with Crippen molar-refractivity contribution < 1.29 is 23.1 Å². The molecule has 0 spiro atoms. The Morgan fingerprint density at radius 2 is 1.81 bits per heavy atom. The number of halogens is 3. The van der Waals surface area contributed by atoms with Crippen LogP contribution in [0.4, 0.5) is 18.9 Å². The molecule has 0 radical (unpaired) electrons. The summed E-state index contributed by atoms with van der Waals surface area (Å²) in [5.74, 6) is -1.69. The maximum Gasteiger partial charge on any atom is 0.419 e. The van der Waals surface area contributed by atoms with Gasteiger partial charge in [0.1, 0.15) is 0 Å². The van der Waals surface area contributed by atoms with Crippen LogP contribution in [0.15, 0.2) is 0 Å². The Morgan fingerprint density at radius 1 is 1.31 bits per heavy atom. The summed E-state index contributed by atoms with van der Waals surface area (Å²) in [7, 11) is 0. The van der Waals surface area contributed by atoms with Crippen LogP contribution in [-0.4, -0.2) is 16.1 Å². The van der Waals surface area contributed by atoms with Gasteiger partial charge in [-0.05, 0) is 13.8 Å². The fraction of sp³-hybridized carbons (Fsp3) is 0.333. The molecule has 4 nitrogen and oxygen atoms in total. The van der Waals surface area contributed by atoms with Crippen LogP contribution in [-0.2, 0) is 6.18 Å². The molecule has 0 aliphatic heterocycles. The number of hydrogen-bond acceptors (Lipinski definition) is 3. The predicted molar refractivity (Wildman–Crippen MR) is 50.1 cm³/mol. The fourth-order valence-electron chi connectivity index (χ4n) is 1.42. The highest BCUT2D eigenvalue weighted by Gasteiger charge is 2.39. The molecule has 0 aliphatic carbocycles. The molecular formula is C9H9F3N2O2. The van der Waals surface area contributed by atoms with Crippen molar-refractivity contribution >= 4 is 11.7 Å². The molecule has 0 saturated carbocycles. The third-order valence-corrected chi connectivity index (χ3v) is 2.10. The van der Waals surface area contributed by atoms with Crippen molar-refractivity contribution in [1.29, 1.82) is 0 Å². The van der Waals surface area contributed by atoms with Gasteiger partial charge in [0.2, 0.25) is 0 Å². The number of rotatable bonds is 1. The Bertz CT molecular complexity index is 455. The highest BCUT2D eigenvalue weighted by atomic mass is 19.4. The van der Waals surface area contributed by atoms with Gasteiger partial charge in [-0.3, -0.25) is 4.98 Å². The van der Waals surface area contributed by atoms with E-state index in [-0.39, 0.29) is 11.4 Å². The molecule has 1 rings (SSSR count). The van der Waals surface area contributed by atoms with Crippen molar-refractivity contribution in [2.75, 3.05) is 5.73 Å². The second-order valence-corrected chi connectivity index (χ2v) is 3.25. The van der Waals surface area contributed by atoms with E-state index in [0.29, 0.717) is 0 Å². The van der Waals surface area contributed by atoms with Crippen molar-refractivity contribution in [3.63, 3.8) is 0 Å². The number of nitrogen functional groups attached to an aromatic ring is 1. The van der Waals surface area contributed by atoms with Gasteiger partial charge in [0.05, 0.1) is 28.2 Å². The molecule has 0 atom stereocenters. The molecule has 1 aromatic heterocycles. The van der Waals surface area contributed by atoms with Crippen LogP contribution in [0.5, 0.6) is 0 Å². The minimum atomic E-state index is -4.81. The van der Waals surface area contributed by atoms with Crippen molar-refractivity contribution in [3.8, 4) is 0 Å². The average molecular weight is 234 g/mol. The normalized spacial score (nSPS) is 11.6. The first kappa shape index (κ1) is 12.3. The zero-order valence-electron chi connectivity index (χ0n) is 8.51. The summed E-state index contributed by atoms with van der Waals surface area (Å²) in [5, 5.41) is 8.73. The van der Waals surface area contributed by atoms with Gasteiger partial charge < -0.3 is 10.8 Å². The molecule has 88 valence electrons. The van der Waals surface area contributed by atoms with Gasteiger partial charge in [0.15, 0.2) is 0 Å². The molecule has 0 aromatic carbocycles. The molecular weight excluding hydrogens is 225 g/mol. The summed E-state index contributed by atoms with van der Waals surface area (Å²) in [6.45, 7) is 2.49. The number of anilines is 1. The van der Waals surface area contributed by atoms with E-state index in [1.54, 1.807) is 0 Å². The predicted octanol–water partition coefficient (Wildman–Crippen LogP) is 2.00. The summed E-state index contributed by atoms with van der Waals surface area (Å²) < 4.78 is 38.0. The smallest absolute Gasteiger partial charge is 0.419 e. The Kier molecular flexibility index (Phi) is 2.81. The Balaban J connectivity index is 3.72. The number of aryl methyl sites for hydroxylation is 2. The van der Waals surface area contributed by atoms with Gasteiger partial charge in [-0.2, -0.15) is 13.2 Å². The second kappa shape index (κ2) is 3.66. The molecule has 0 saturated heterocycles. The van der Waals surface area contributed by atoms with Gasteiger partial charge >= 0.3 is 12.1 Å².